The fraction of sp³-hybridized carbons (Fsp3) is 0.393. The molecule has 0 radical (unpaired) electrons. The highest BCUT2D eigenvalue weighted by Crippen LogP contribution is 2.23. The van der Waals surface area contributed by atoms with Gasteiger partial charge in [-0.25, -0.2) is 14.9 Å². The predicted molar refractivity (Wildman–Crippen MR) is 150 cm³/mol. The molecule has 1 aromatic carbocycles. The van der Waals surface area contributed by atoms with E-state index in [0.717, 1.165) is 19.4 Å². The van der Waals surface area contributed by atoms with Crippen LogP contribution in [0.1, 0.15) is 30.1 Å². The number of aromatic nitrogens is 3. The third-order valence-electron chi connectivity index (χ3n) is 6.77. The van der Waals surface area contributed by atoms with E-state index in [4.69, 9.17) is 9.47 Å². The molecule has 4 heterocycles. The third kappa shape index (κ3) is 6.64. The van der Waals surface area contributed by atoms with E-state index in [2.05, 4.69) is 32.7 Å². The highest BCUT2D eigenvalue weighted by Gasteiger charge is 2.31. The second kappa shape index (κ2) is 12.7. The average Bonchev–Trinajstić information content (AvgIpc) is 2.96. The summed E-state index contributed by atoms with van der Waals surface area (Å²) >= 11 is 0. The molecule has 12 heteroatoms. The van der Waals surface area contributed by atoms with Crippen molar-refractivity contribution in [3.8, 4) is 11.3 Å². The Morgan fingerprint density at radius 1 is 1.12 bits per heavy atom. The summed E-state index contributed by atoms with van der Waals surface area (Å²) < 4.78 is 11.0. The lowest BCUT2D eigenvalue weighted by Gasteiger charge is -2.38. The van der Waals surface area contributed by atoms with Gasteiger partial charge in [-0.1, -0.05) is 25.5 Å². The number of anilines is 3. The average molecular weight is 548 g/mol. The molecule has 2 saturated heterocycles. The van der Waals surface area contributed by atoms with E-state index in [1.807, 2.05) is 12.1 Å². The van der Waals surface area contributed by atoms with E-state index in [0.29, 0.717) is 67.7 Å². The number of nitrogens with one attached hydrogen (secondary N) is 3. The Bertz CT molecular complexity index is 1380. The topological polar surface area (TPSA) is 142 Å². The van der Waals surface area contributed by atoms with Crippen molar-refractivity contribution in [2.24, 2.45) is 0 Å². The minimum absolute atomic E-state index is 0.0934. The zero-order chi connectivity index (χ0) is 27.9. The van der Waals surface area contributed by atoms with Crippen molar-refractivity contribution in [3.63, 3.8) is 0 Å². The van der Waals surface area contributed by atoms with Crippen molar-refractivity contribution in [1.29, 1.82) is 0 Å². The fourth-order valence-corrected chi connectivity index (χ4v) is 4.39. The van der Waals surface area contributed by atoms with E-state index in [-0.39, 0.29) is 23.7 Å². The van der Waals surface area contributed by atoms with Crippen molar-refractivity contribution < 1.29 is 19.1 Å². The number of hydrogen-bond donors (Lipinski definition) is 3. The molecule has 3 amide bonds. The molecule has 2 fully saturated rings. The normalized spacial score (nSPS) is 15.4. The Labute approximate surface area is 231 Å². The lowest BCUT2D eigenvalue weighted by Crippen LogP contribution is -2.56. The molecule has 2 aromatic heterocycles. The molecular formula is C28H33N7O5. The number of hydrogen-bond acceptors (Lipinski definition) is 8. The summed E-state index contributed by atoms with van der Waals surface area (Å²) in [5.41, 5.74) is 2.12. The summed E-state index contributed by atoms with van der Waals surface area (Å²) in [6.45, 7) is 6.12. The number of likely N-dealkylation sites (tertiary alicyclic amines) is 1. The number of carbonyl (C=O) groups excluding carboxylic acids is 2. The number of nitrogens with zero attached hydrogens (tertiary/aromatic N) is 4. The van der Waals surface area contributed by atoms with E-state index in [1.54, 1.807) is 40.1 Å². The maximum Gasteiger partial charge on any atom is 0.322 e. The first-order valence-electron chi connectivity index (χ1n) is 13.5. The first-order valence-corrected chi connectivity index (χ1v) is 13.5. The van der Waals surface area contributed by atoms with E-state index in [1.165, 1.54) is 6.20 Å². The number of benzene rings is 1. The summed E-state index contributed by atoms with van der Waals surface area (Å²) in [6, 6.07) is 12.0. The van der Waals surface area contributed by atoms with Crippen molar-refractivity contribution in [2.45, 2.75) is 25.9 Å². The molecule has 2 aliphatic rings. The number of morpholine rings is 1. The number of ether oxygens (including phenoxy) is 2. The first kappa shape index (κ1) is 27.3. The molecule has 0 saturated carbocycles. The molecule has 0 unspecified atom stereocenters. The largest absolute Gasteiger partial charge is 0.378 e. The van der Waals surface area contributed by atoms with Gasteiger partial charge in [0.05, 0.1) is 43.7 Å². The Morgan fingerprint density at radius 2 is 1.95 bits per heavy atom. The van der Waals surface area contributed by atoms with Gasteiger partial charge in [-0.05, 0) is 36.8 Å². The van der Waals surface area contributed by atoms with Crippen LogP contribution in [0.4, 0.5) is 22.0 Å². The summed E-state index contributed by atoms with van der Waals surface area (Å²) in [7, 11) is 0. The van der Waals surface area contributed by atoms with E-state index < -0.39 is 5.56 Å². The standard InChI is InChI=1S/C28H33N7O5/c1-2-3-11-40-22-17-35(18-22)28(38)30-21-6-4-5-19(14-21)23-15-24(26(36)33-32-23)31-25-8-7-20(16-29-25)27(37)34-9-12-39-13-10-34/h4-8,14-16,22H,2-3,9-13,17-18H2,1H3,(H,30,38)(H,33,36)(H,29,31,32). The van der Waals surface area contributed by atoms with Gasteiger partial charge in [-0.15, -0.1) is 0 Å². The number of amides is 3. The van der Waals surface area contributed by atoms with Crippen molar-refractivity contribution >= 4 is 29.1 Å². The van der Waals surface area contributed by atoms with Crippen molar-refractivity contribution in [3.05, 3.63) is 64.6 Å². The maximum absolute atomic E-state index is 12.7. The predicted octanol–water partition coefficient (Wildman–Crippen LogP) is 3.08. The second-order valence-corrected chi connectivity index (χ2v) is 9.72. The molecule has 40 heavy (non-hydrogen) atoms. The van der Waals surface area contributed by atoms with Gasteiger partial charge in [0.25, 0.3) is 11.5 Å². The molecule has 2 aliphatic heterocycles. The molecular weight excluding hydrogens is 514 g/mol. The van der Waals surface area contributed by atoms with Crippen LogP contribution >= 0.6 is 0 Å². The smallest absolute Gasteiger partial charge is 0.322 e. The zero-order valence-electron chi connectivity index (χ0n) is 22.4. The van der Waals surface area contributed by atoms with Crippen LogP contribution in [0.3, 0.4) is 0 Å². The number of unbranched alkanes of at least 4 members (excludes halogenated alkanes) is 1. The van der Waals surface area contributed by atoms with Crippen LogP contribution in [0.15, 0.2) is 53.5 Å². The number of rotatable bonds is 9. The maximum atomic E-state index is 12.7. The summed E-state index contributed by atoms with van der Waals surface area (Å²) in [4.78, 5) is 45.5. The highest BCUT2D eigenvalue weighted by atomic mass is 16.5. The van der Waals surface area contributed by atoms with Crippen LogP contribution in [-0.2, 0) is 9.47 Å². The Hall–Kier alpha value is -4.29. The molecule has 5 rings (SSSR count). The van der Waals surface area contributed by atoms with Gasteiger partial charge in [0.15, 0.2) is 0 Å². The number of H-pyrrole nitrogens is 1. The summed E-state index contributed by atoms with van der Waals surface area (Å²) in [5.74, 6) is 0.307. The van der Waals surface area contributed by atoms with Crippen molar-refractivity contribution in [1.82, 2.24) is 25.0 Å². The van der Waals surface area contributed by atoms with Crippen LogP contribution < -0.4 is 16.2 Å². The minimum Gasteiger partial charge on any atom is -0.378 e. The van der Waals surface area contributed by atoms with Gasteiger partial charge >= 0.3 is 6.03 Å². The SMILES string of the molecule is CCCCOC1CN(C(=O)Nc2cccc(-c3cc(Nc4ccc(C(=O)N5CCOCC5)cn4)c(=O)[nH]n3)c2)C1. The van der Waals surface area contributed by atoms with Crippen LogP contribution in [0, 0.1) is 0 Å². The molecule has 0 spiro atoms. The van der Waals surface area contributed by atoms with Gasteiger partial charge in [0, 0.05) is 37.1 Å². The lowest BCUT2D eigenvalue weighted by molar-refractivity contribution is -0.0339. The number of aromatic amines is 1. The molecule has 3 N–H and O–H groups in total. The third-order valence-corrected chi connectivity index (χ3v) is 6.77. The quantitative estimate of drug-likeness (QED) is 0.347. The summed E-state index contributed by atoms with van der Waals surface area (Å²) in [5, 5.41) is 12.6. The lowest BCUT2D eigenvalue weighted by atomic mass is 10.1. The molecule has 0 bridgehead atoms. The second-order valence-electron chi connectivity index (χ2n) is 9.72. The summed E-state index contributed by atoms with van der Waals surface area (Å²) in [6.07, 6.45) is 3.68. The van der Waals surface area contributed by atoms with Gasteiger partial charge in [-0.2, -0.15) is 5.10 Å². The van der Waals surface area contributed by atoms with Gasteiger partial charge < -0.3 is 29.9 Å². The monoisotopic (exact) mass is 547 g/mol. The Balaban J connectivity index is 1.21. The number of carbonyl (C=O) groups is 2. The fourth-order valence-electron chi connectivity index (χ4n) is 4.39. The molecule has 0 atom stereocenters. The number of pyridine rings is 1. The van der Waals surface area contributed by atoms with Gasteiger partial charge in [-0.3, -0.25) is 9.59 Å². The zero-order valence-corrected chi connectivity index (χ0v) is 22.4. The van der Waals surface area contributed by atoms with Crippen LogP contribution in [0.2, 0.25) is 0 Å². The first-order chi connectivity index (χ1) is 19.5. The van der Waals surface area contributed by atoms with E-state index >= 15 is 0 Å². The van der Waals surface area contributed by atoms with Crippen LogP contribution in [-0.4, -0.2) is 89.0 Å². The minimum atomic E-state index is -0.419. The Kier molecular flexibility index (Phi) is 8.67. The number of urea groups is 1. The van der Waals surface area contributed by atoms with Gasteiger partial charge in [0.2, 0.25) is 0 Å². The molecule has 12 nitrogen and oxygen atoms in total. The molecule has 0 aliphatic carbocycles. The van der Waals surface area contributed by atoms with Gasteiger partial charge in [0.1, 0.15) is 11.5 Å². The highest BCUT2D eigenvalue weighted by molar-refractivity contribution is 5.94. The van der Waals surface area contributed by atoms with E-state index in [9.17, 15) is 14.4 Å². The molecule has 210 valence electrons. The van der Waals surface area contributed by atoms with Crippen LogP contribution in [0.5, 0.6) is 0 Å². The van der Waals surface area contributed by atoms with Crippen LogP contribution in [0.25, 0.3) is 11.3 Å². The molecule has 3 aromatic rings. The Morgan fingerprint density at radius 3 is 2.70 bits per heavy atom. The van der Waals surface area contributed by atoms with Crippen molar-refractivity contribution in [2.75, 3.05) is 56.6 Å².